The Morgan fingerprint density at radius 1 is 1.13 bits per heavy atom. The molecule has 0 unspecified atom stereocenters. The summed E-state index contributed by atoms with van der Waals surface area (Å²) in [6.07, 6.45) is 0.442. The number of hydrogen-bond donors (Lipinski definition) is 3. The Bertz CT molecular complexity index is 857. The number of benzene rings is 2. The van der Waals surface area contributed by atoms with E-state index in [2.05, 4.69) is 0 Å². The first-order valence-corrected chi connectivity index (χ1v) is 7.10. The molecule has 2 aromatic carbocycles. The first kappa shape index (κ1) is 13.8. The van der Waals surface area contributed by atoms with Gasteiger partial charge in [-0.25, -0.2) is 0 Å². The average Bonchev–Trinajstić information content (AvgIpc) is 2.49. The Kier molecular flexibility index (Phi) is 2.58. The number of carbonyl (C=O) groups excluding carboxylic acids is 1. The Labute approximate surface area is 131 Å². The number of carbonyl (C=O) groups is 1. The summed E-state index contributed by atoms with van der Waals surface area (Å²) in [7, 11) is 1.46. The van der Waals surface area contributed by atoms with Gasteiger partial charge < -0.3 is 24.8 Å². The number of phenolic OH excluding ortho intramolecular Hbond substituents is 3. The van der Waals surface area contributed by atoms with Crippen molar-refractivity contribution in [1.29, 1.82) is 0 Å². The van der Waals surface area contributed by atoms with Crippen LogP contribution in [0, 0.1) is 0 Å². The summed E-state index contributed by atoms with van der Waals surface area (Å²) in [5, 5.41) is 29.5. The van der Waals surface area contributed by atoms with Gasteiger partial charge in [0.2, 0.25) is 0 Å². The van der Waals surface area contributed by atoms with Crippen molar-refractivity contribution < 1.29 is 29.6 Å². The minimum atomic E-state index is -0.916. The molecule has 6 heteroatoms. The van der Waals surface area contributed by atoms with Gasteiger partial charge in [0.05, 0.1) is 12.5 Å². The van der Waals surface area contributed by atoms with Crippen molar-refractivity contribution in [2.75, 3.05) is 13.7 Å². The number of Topliss-reactive ketones (excluding diaryl/α,β-unsaturated/α-hetero) is 1. The van der Waals surface area contributed by atoms with Crippen LogP contribution in [-0.2, 0) is 11.8 Å². The summed E-state index contributed by atoms with van der Waals surface area (Å²) < 4.78 is 10.7. The number of aromatic hydroxyl groups is 3. The van der Waals surface area contributed by atoms with Crippen LogP contribution in [0.15, 0.2) is 24.3 Å². The first-order chi connectivity index (χ1) is 11.0. The standard InChI is InChI=1S/C17H14O6/c1-22-13-2-8-6-17(10(8)5-11(13)19)7-23-14-4-9(18)3-12(20)15(14)16(17)21/h2-5,18-20H,6-7H2,1H3/t17-/m0/s1. The lowest BCUT2D eigenvalue weighted by Gasteiger charge is -2.45. The molecule has 3 N–H and O–H groups in total. The normalized spacial score (nSPS) is 21.2. The van der Waals surface area contributed by atoms with Gasteiger partial charge in [0.15, 0.2) is 17.3 Å². The number of rotatable bonds is 1. The minimum absolute atomic E-state index is 0.0427. The van der Waals surface area contributed by atoms with Gasteiger partial charge in [-0.2, -0.15) is 0 Å². The fourth-order valence-corrected chi connectivity index (χ4v) is 3.45. The number of ether oxygens (including phenoxy) is 2. The third kappa shape index (κ3) is 1.66. The van der Waals surface area contributed by atoms with E-state index >= 15 is 0 Å². The van der Waals surface area contributed by atoms with Crippen LogP contribution in [0.25, 0.3) is 0 Å². The molecule has 1 atom stereocenters. The van der Waals surface area contributed by atoms with Crippen LogP contribution in [0.2, 0.25) is 0 Å². The fourth-order valence-electron chi connectivity index (χ4n) is 3.45. The highest BCUT2D eigenvalue weighted by molar-refractivity contribution is 6.11. The molecule has 0 saturated carbocycles. The van der Waals surface area contributed by atoms with E-state index in [9.17, 15) is 20.1 Å². The lowest BCUT2D eigenvalue weighted by atomic mass is 9.60. The molecule has 1 aliphatic carbocycles. The molecule has 0 radical (unpaired) electrons. The van der Waals surface area contributed by atoms with Crippen molar-refractivity contribution in [3.8, 4) is 28.7 Å². The van der Waals surface area contributed by atoms with E-state index in [1.54, 1.807) is 6.07 Å². The second kappa shape index (κ2) is 4.32. The summed E-state index contributed by atoms with van der Waals surface area (Å²) in [5.74, 6) is -0.260. The molecule has 0 saturated heterocycles. The summed E-state index contributed by atoms with van der Waals surface area (Å²) in [6, 6.07) is 5.64. The lowest BCUT2D eigenvalue weighted by molar-refractivity contribution is 0.0723. The maximum atomic E-state index is 12.9. The maximum absolute atomic E-state index is 12.9. The van der Waals surface area contributed by atoms with Gasteiger partial charge in [0, 0.05) is 12.1 Å². The highest BCUT2D eigenvalue weighted by atomic mass is 16.5. The summed E-state index contributed by atoms with van der Waals surface area (Å²) in [4.78, 5) is 12.9. The zero-order chi connectivity index (χ0) is 16.4. The zero-order valence-electron chi connectivity index (χ0n) is 12.3. The van der Waals surface area contributed by atoms with Gasteiger partial charge in [-0.3, -0.25) is 4.79 Å². The number of fused-ring (bicyclic) bond motifs is 3. The largest absolute Gasteiger partial charge is 0.508 e. The van der Waals surface area contributed by atoms with Crippen LogP contribution < -0.4 is 9.47 Å². The summed E-state index contributed by atoms with van der Waals surface area (Å²) in [6.45, 7) is 0.0977. The molecule has 1 spiro atoms. The highest BCUT2D eigenvalue weighted by Gasteiger charge is 2.54. The van der Waals surface area contributed by atoms with Crippen LogP contribution >= 0.6 is 0 Å². The van der Waals surface area contributed by atoms with Crippen molar-refractivity contribution >= 4 is 5.78 Å². The van der Waals surface area contributed by atoms with Gasteiger partial charge in [0.25, 0.3) is 0 Å². The molecule has 0 bridgehead atoms. The van der Waals surface area contributed by atoms with E-state index < -0.39 is 5.41 Å². The van der Waals surface area contributed by atoms with Crippen molar-refractivity contribution in [2.24, 2.45) is 0 Å². The molecule has 23 heavy (non-hydrogen) atoms. The highest BCUT2D eigenvalue weighted by Crippen LogP contribution is 2.52. The topological polar surface area (TPSA) is 96.2 Å². The number of phenols is 3. The van der Waals surface area contributed by atoms with E-state index in [0.29, 0.717) is 17.7 Å². The number of methoxy groups -OCH3 is 1. The average molecular weight is 314 g/mol. The Morgan fingerprint density at radius 2 is 1.91 bits per heavy atom. The molecular weight excluding hydrogens is 300 g/mol. The Morgan fingerprint density at radius 3 is 2.65 bits per heavy atom. The zero-order valence-corrected chi connectivity index (χ0v) is 12.3. The van der Waals surface area contributed by atoms with Crippen LogP contribution in [0.4, 0.5) is 0 Å². The maximum Gasteiger partial charge on any atom is 0.184 e. The fraction of sp³-hybridized carbons (Fsp3) is 0.235. The molecule has 0 aromatic heterocycles. The predicted octanol–water partition coefficient (Wildman–Crippen LogP) is 1.88. The van der Waals surface area contributed by atoms with Crippen LogP contribution in [-0.4, -0.2) is 34.8 Å². The van der Waals surface area contributed by atoms with Crippen molar-refractivity contribution in [2.45, 2.75) is 11.8 Å². The molecule has 2 aliphatic rings. The van der Waals surface area contributed by atoms with Crippen LogP contribution in [0.5, 0.6) is 28.7 Å². The van der Waals surface area contributed by atoms with E-state index in [1.807, 2.05) is 0 Å². The van der Waals surface area contributed by atoms with Gasteiger partial charge in [0.1, 0.15) is 29.4 Å². The SMILES string of the molecule is COc1cc2c(cc1O)[C@@]1(COc3cc(O)cc(O)c3C1=O)C2. The molecule has 0 fully saturated rings. The van der Waals surface area contributed by atoms with E-state index in [1.165, 1.54) is 19.2 Å². The second-order valence-electron chi connectivity index (χ2n) is 5.90. The smallest absolute Gasteiger partial charge is 0.184 e. The van der Waals surface area contributed by atoms with E-state index in [4.69, 9.17) is 9.47 Å². The van der Waals surface area contributed by atoms with Gasteiger partial charge in [-0.15, -0.1) is 0 Å². The molecule has 4 rings (SSSR count). The van der Waals surface area contributed by atoms with E-state index in [0.717, 1.165) is 11.6 Å². The lowest BCUT2D eigenvalue weighted by Crippen LogP contribution is -2.52. The molecule has 1 heterocycles. The Hall–Kier alpha value is -2.89. The Balaban J connectivity index is 1.84. The molecule has 1 aliphatic heterocycles. The van der Waals surface area contributed by atoms with Crippen LogP contribution in [0.3, 0.4) is 0 Å². The van der Waals surface area contributed by atoms with E-state index in [-0.39, 0.29) is 41.0 Å². The van der Waals surface area contributed by atoms with Gasteiger partial charge in [-0.1, -0.05) is 0 Å². The molecule has 0 amide bonds. The number of hydrogen-bond acceptors (Lipinski definition) is 6. The monoisotopic (exact) mass is 314 g/mol. The van der Waals surface area contributed by atoms with Crippen molar-refractivity contribution in [3.05, 3.63) is 41.0 Å². The molecule has 2 aromatic rings. The summed E-state index contributed by atoms with van der Waals surface area (Å²) in [5.41, 5.74) is 0.729. The minimum Gasteiger partial charge on any atom is -0.508 e. The van der Waals surface area contributed by atoms with Crippen LogP contribution in [0.1, 0.15) is 21.5 Å². The van der Waals surface area contributed by atoms with Gasteiger partial charge >= 0.3 is 0 Å². The summed E-state index contributed by atoms with van der Waals surface area (Å²) >= 11 is 0. The second-order valence-corrected chi connectivity index (χ2v) is 5.90. The molecule has 118 valence electrons. The van der Waals surface area contributed by atoms with Gasteiger partial charge in [-0.05, 0) is 29.7 Å². The quantitative estimate of drug-likeness (QED) is 0.744. The first-order valence-electron chi connectivity index (χ1n) is 7.10. The third-order valence-electron chi connectivity index (χ3n) is 4.61. The third-order valence-corrected chi connectivity index (χ3v) is 4.61. The number of ketones is 1. The predicted molar refractivity (Wildman–Crippen MR) is 79.6 cm³/mol. The van der Waals surface area contributed by atoms with Crippen molar-refractivity contribution in [3.63, 3.8) is 0 Å². The molecule has 6 nitrogen and oxygen atoms in total. The molecular formula is C17H14O6. The van der Waals surface area contributed by atoms with Crippen molar-refractivity contribution in [1.82, 2.24) is 0 Å².